The standard InChI is InChI=1S/3C7H10NO6P.Fe.6Na/c3*1-4-6(9)7(10)5(2-8-4)3-14-15(11,12)13;;;;;;;/h3*2,9H,3H2,1H3,(H,8,10)(H2,11,12,13);;;;;;;/q;;;+3;6*+1/p-9. The number of aromatic nitrogens is 3. The summed E-state index contributed by atoms with van der Waals surface area (Å²) >= 11 is 0. The fraction of sp³-hybridized carbons (Fsp3) is 0.286. The van der Waals surface area contributed by atoms with E-state index in [4.69, 9.17) is 0 Å². The molecule has 0 aliphatic heterocycles. The minimum Gasteiger partial charge on any atom is -0.869 e. The van der Waals surface area contributed by atoms with Crippen LogP contribution in [0.5, 0.6) is 17.2 Å². The van der Waals surface area contributed by atoms with Gasteiger partial charge < -0.3 is 86.9 Å². The molecule has 0 aromatic carbocycles. The van der Waals surface area contributed by atoms with Gasteiger partial charge in [-0.25, -0.2) is 0 Å². The molecule has 0 saturated heterocycles. The largest absolute Gasteiger partial charge is 3.00 e. The van der Waals surface area contributed by atoms with Crippen LogP contribution < -0.4 is 238 Å². The first kappa shape index (κ1) is 69.7. The summed E-state index contributed by atoms with van der Waals surface area (Å²) in [4.78, 5) is 102. The van der Waals surface area contributed by atoms with Crippen molar-refractivity contribution in [3.63, 3.8) is 0 Å². The van der Waals surface area contributed by atoms with Crippen LogP contribution >= 0.6 is 23.5 Å². The molecule has 0 fully saturated rings. The molecule has 3 heterocycles. The van der Waals surface area contributed by atoms with Crippen LogP contribution in [0.2, 0.25) is 0 Å². The molecule has 0 bridgehead atoms. The number of pyridine rings is 3. The second-order valence-electron chi connectivity index (χ2n) is 8.45. The number of rotatable bonds is 9. The van der Waals surface area contributed by atoms with Crippen LogP contribution in [-0.2, 0) is 64.2 Å². The van der Waals surface area contributed by atoms with Gasteiger partial charge in [-0.15, -0.1) is 0 Å². The van der Waals surface area contributed by atoms with E-state index in [0.717, 1.165) is 18.6 Å². The van der Waals surface area contributed by atoms with E-state index >= 15 is 0 Å². The van der Waals surface area contributed by atoms with Crippen molar-refractivity contribution in [1.82, 2.24) is 15.0 Å². The van der Waals surface area contributed by atoms with E-state index in [1.54, 1.807) is 0 Å². The smallest absolute Gasteiger partial charge is 0.869 e. The molecule has 0 spiro atoms. The Morgan fingerprint density at radius 2 is 0.654 bits per heavy atom. The monoisotopic (exact) mass is 890 g/mol. The third kappa shape index (κ3) is 27.7. The van der Waals surface area contributed by atoms with Gasteiger partial charge in [0.25, 0.3) is 0 Å². The number of nitrogens with one attached hydrogen (secondary N) is 3. The van der Waals surface area contributed by atoms with Crippen LogP contribution in [0.3, 0.4) is 0 Å². The third-order valence-electron chi connectivity index (χ3n) is 5.04. The summed E-state index contributed by atoms with van der Waals surface area (Å²) in [6.07, 6.45) is 3.40. The number of phosphoric ester groups is 3. The van der Waals surface area contributed by atoms with Crippen LogP contribution in [0.4, 0.5) is 0 Å². The SMILES string of the molecule is Cc1[nH]cc(COP(=O)([O-])[O-])c(=O)c1[O-].Cc1[nH]cc(COP(=O)([O-])[O-])c(=O)c1[O-].Cc1[nH]cc(COP(=O)([O-])[O-])c(=O)c1[O-].[Fe+3].[Na+].[Na+].[Na+].[Na+].[Na+].[Na+]. The molecule has 3 aromatic rings. The van der Waals surface area contributed by atoms with Crippen molar-refractivity contribution in [2.24, 2.45) is 0 Å². The van der Waals surface area contributed by atoms with Crippen molar-refractivity contribution in [3.05, 3.63) is 83.0 Å². The molecule has 52 heavy (non-hydrogen) atoms. The number of hydrogen-bond acceptors (Lipinski definition) is 18. The van der Waals surface area contributed by atoms with Gasteiger partial charge in [-0.2, -0.15) is 0 Å². The van der Waals surface area contributed by atoms with Gasteiger partial charge in [0, 0.05) is 52.4 Å². The summed E-state index contributed by atoms with van der Waals surface area (Å²) in [6.45, 7) is 2.03. The van der Waals surface area contributed by atoms with Crippen LogP contribution in [0.15, 0.2) is 33.0 Å². The second-order valence-corrected chi connectivity index (χ2v) is 11.9. The van der Waals surface area contributed by atoms with Crippen LogP contribution in [-0.4, -0.2) is 15.0 Å². The Balaban J connectivity index is -0.000000109. The molecular weight excluding hydrogens is 869 g/mol. The topological polar surface area (TPSA) is 385 Å². The summed E-state index contributed by atoms with van der Waals surface area (Å²) in [5.74, 6) is -2.33. The van der Waals surface area contributed by atoms with Gasteiger partial charge in [-0.1, -0.05) is 0 Å². The number of H-pyrrole nitrogens is 3. The number of hydrogen-bond donors (Lipinski definition) is 3. The Bertz CT molecular complexity index is 1620. The molecule has 0 aliphatic rings. The molecular formula is C21H21FeN3Na6O18P3. The van der Waals surface area contributed by atoms with E-state index < -0.39 is 76.8 Å². The maximum Gasteiger partial charge on any atom is 3.00 e. The first-order valence-electron chi connectivity index (χ1n) is 11.6. The Hall–Kier alpha value is 3.10. The molecule has 3 N–H and O–H groups in total. The van der Waals surface area contributed by atoms with E-state index in [0.29, 0.717) is 0 Å². The zero-order chi connectivity index (χ0) is 34.9. The Morgan fingerprint density at radius 3 is 0.808 bits per heavy atom. The van der Waals surface area contributed by atoms with Gasteiger partial charge in [-0.05, 0) is 38.0 Å². The predicted octanol–water partition coefficient (Wildman–Crippen LogP) is -23.7. The fourth-order valence-corrected chi connectivity index (χ4v) is 3.59. The van der Waals surface area contributed by atoms with E-state index in [9.17, 15) is 72.8 Å². The quantitative estimate of drug-likeness (QED) is 0.133. The van der Waals surface area contributed by atoms with Gasteiger partial charge >= 0.3 is 194 Å². The van der Waals surface area contributed by atoms with Crippen molar-refractivity contribution >= 4 is 23.5 Å². The molecule has 1 radical (unpaired) electrons. The van der Waals surface area contributed by atoms with Crippen molar-refractivity contribution < 1.29 is 266 Å². The Labute approximate surface area is 438 Å². The van der Waals surface area contributed by atoms with Crippen molar-refractivity contribution in [1.29, 1.82) is 0 Å². The van der Waals surface area contributed by atoms with Crippen molar-refractivity contribution in [3.8, 4) is 17.2 Å². The van der Waals surface area contributed by atoms with E-state index in [1.165, 1.54) is 20.8 Å². The average molecular weight is 890 g/mol. The molecule has 0 amide bonds. The van der Waals surface area contributed by atoms with Crippen LogP contribution in [0.1, 0.15) is 33.8 Å². The van der Waals surface area contributed by atoms with Crippen molar-refractivity contribution in [2.45, 2.75) is 40.6 Å². The Morgan fingerprint density at radius 1 is 0.481 bits per heavy atom. The summed E-state index contributed by atoms with van der Waals surface area (Å²) in [7, 11) is -15.4. The van der Waals surface area contributed by atoms with Gasteiger partial charge in [-0.3, -0.25) is 14.4 Å². The van der Waals surface area contributed by atoms with Crippen molar-refractivity contribution in [2.75, 3.05) is 0 Å². The molecule has 3 aromatic heterocycles. The molecule has 0 aliphatic carbocycles. The van der Waals surface area contributed by atoms with E-state index in [2.05, 4.69) is 28.5 Å². The summed E-state index contributed by atoms with van der Waals surface area (Å²) in [5.41, 5.74) is -2.81. The molecule has 21 nitrogen and oxygen atoms in total. The molecule has 3 rings (SSSR count). The molecule has 0 atom stereocenters. The molecule has 0 saturated carbocycles. The first-order chi connectivity index (χ1) is 20.4. The van der Waals surface area contributed by atoms with Crippen LogP contribution in [0, 0.1) is 20.8 Å². The van der Waals surface area contributed by atoms with Gasteiger partial charge in [0.2, 0.25) is 0 Å². The molecule has 31 heteroatoms. The number of aryl methyl sites for hydroxylation is 3. The fourth-order valence-electron chi connectivity index (χ4n) is 2.70. The maximum absolute atomic E-state index is 11.2. The first-order valence-corrected chi connectivity index (χ1v) is 16.0. The predicted molar refractivity (Wildman–Crippen MR) is 131 cm³/mol. The zero-order valence-corrected chi connectivity index (χ0v) is 45.2. The minimum atomic E-state index is -5.13. The van der Waals surface area contributed by atoms with Gasteiger partial charge in [0.15, 0.2) is 16.3 Å². The Kier molecular flexibility index (Phi) is 42.8. The summed E-state index contributed by atoms with van der Waals surface area (Å²) < 4.78 is 42.0. The van der Waals surface area contributed by atoms with Gasteiger partial charge in [0.1, 0.15) is 0 Å². The van der Waals surface area contributed by atoms with E-state index in [1.807, 2.05) is 0 Å². The number of phosphoric acid groups is 3. The summed E-state index contributed by atoms with van der Waals surface area (Å²) in [6, 6.07) is 0. The second kappa shape index (κ2) is 31.9. The van der Waals surface area contributed by atoms with Gasteiger partial charge in [0.05, 0.1) is 43.3 Å². The molecule has 257 valence electrons. The minimum absolute atomic E-state index is 0. The average Bonchev–Trinajstić information content (AvgIpc) is 2.91. The maximum atomic E-state index is 11.2. The normalized spacial score (nSPS) is 10.1. The number of aromatic amines is 3. The summed E-state index contributed by atoms with van der Waals surface area (Å²) in [5, 5.41) is 33.3. The third-order valence-corrected chi connectivity index (χ3v) is 6.37. The zero-order valence-electron chi connectivity index (χ0n) is 29.4. The molecule has 0 unspecified atom stereocenters. The van der Waals surface area contributed by atoms with E-state index in [-0.39, 0.29) is 228 Å². The van der Waals surface area contributed by atoms with Crippen LogP contribution in [0.25, 0.3) is 0 Å².